The number of benzene rings is 1. The molecule has 166 valence electrons. The zero-order valence-electron chi connectivity index (χ0n) is 18.0. The van der Waals surface area contributed by atoms with E-state index in [4.69, 9.17) is 4.42 Å². The number of hydrogen-bond donors (Lipinski definition) is 0. The molecule has 1 amide bonds. The molecule has 1 aliphatic rings. The number of furan rings is 1. The fourth-order valence-electron chi connectivity index (χ4n) is 4.54. The van der Waals surface area contributed by atoms with Crippen LogP contribution in [0.15, 0.2) is 51.9 Å². The average molecular weight is 437 g/mol. The lowest BCUT2D eigenvalue weighted by atomic mass is 10.1. The van der Waals surface area contributed by atoms with Gasteiger partial charge in [-0.2, -0.15) is 5.10 Å². The van der Waals surface area contributed by atoms with Gasteiger partial charge < -0.3 is 14.2 Å². The van der Waals surface area contributed by atoms with Crippen molar-refractivity contribution in [3.8, 4) is 0 Å². The molecule has 1 saturated heterocycles. The number of amides is 1. The van der Waals surface area contributed by atoms with E-state index in [-0.39, 0.29) is 17.3 Å². The first-order valence-corrected chi connectivity index (χ1v) is 10.8. The second-order valence-corrected chi connectivity index (χ2v) is 8.02. The highest BCUT2D eigenvalue weighted by Gasteiger charge is 2.30. The number of fused-ring (bicyclic) bond motifs is 3. The van der Waals surface area contributed by atoms with E-state index in [1.165, 1.54) is 10.7 Å². The van der Waals surface area contributed by atoms with Crippen LogP contribution < -0.4 is 10.5 Å². The van der Waals surface area contributed by atoms with Crippen molar-refractivity contribution in [2.75, 3.05) is 31.1 Å². The lowest BCUT2D eigenvalue weighted by Crippen LogP contribution is -2.51. The van der Waals surface area contributed by atoms with Gasteiger partial charge in [-0.15, -0.1) is 0 Å². The van der Waals surface area contributed by atoms with Crippen LogP contribution in [0.4, 0.5) is 10.1 Å². The summed E-state index contributed by atoms with van der Waals surface area (Å²) in [7, 11) is 0. The lowest BCUT2D eigenvalue weighted by Gasteiger charge is -2.37. The van der Waals surface area contributed by atoms with Crippen molar-refractivity contribution in [2.45, 2.75) is 26.3 Å². The van der Waals surface area contributed by atoms with Crippen LogP contribution in [0.3, 0.4) is 0 Å². The molecule has 0 bridgehead atoms. The minimum absolute atomic E-state index is 0.144. The normalized spacial score (nSPS) is 15.6. The number of halogens is 1. The number of carbonyl (C=O) groups is 1. The van der Waals surface area contributed by atoms with Gasteiger partial charge in [0.25, 0.3) is 5.56 Å². The van der Waals surface area contributed by atoms with Crippen LogP contribution in [-0.2, 0) is 4.79 Å². The smallest absolute Gasteiger partial charge is 0.291 e. The molecule has 0 radical (unpaired) electrons. The molecule has 32 heavy (non-hydrogen) atoms. The number of piperazine rings is 1. The molecule has 0 spiro atoms. The molecule has 0 N–H and O–H groups in total. The van der Waals surface area contributed by atoms with Crippen molar-refractivity contribution in [1.82, 2.24) is 19.1 Å². The maximum Gasteiger partial charge on any atom is 0.291 e. The number of hydrogen-bond acceptors (Lipinski definition) is 5. The molecule has 8 nitrogen and oxygen atoms in total. The van der Waals surface area contributed by atoms with E-state index >= 15 is 0 Å². The zero-order valence-corrected chi connectivity index (χ0v) is 18.0. The Kier molecular flexibility index (Phi) is 4.96. The maximum absolute atomic E-state index is 14.1. The van der Waals surface area contributed by atoms with Crippen LogP contribution in [0.25, 0.3) is 16.6 Å². The van der Waals surface area contributed by atoms with Crippen LogP contribution in [0, 0.1) is 12.7 Å². The first-order chi connectivity index (χ1) is 15.5. The molecule has 1 aliphatic heterocycles. The highest BCUT2D eigenvalue weighted by atomic mass is 19.1. The minimum atomic E-state index is -0.701. The van der Waals surface area contributed by atoms with Gasteiger partial charge >= 0.3 is 0 Å². The molecule has 0 saturated carbocycles. The second-order valence-electron chi connectivity index (χ2n) is 8.02. The third-order valence-electron chi connectivity index (χ3n) is 6.18. The van der Waals surface area contributed by atoms with Crippen molar-refractivity contribution in [2.24, 2.45) is 0 Å². The first-order valence-electron chi connectivity index (χ1n) is 10.8. The van der Waals surface area contributed by atoms with Gasteiger partial charge in [0.2, 0.25) is 5.91 Å². The van der Waals surface area contributed by atoms with E-state index in [2.05, 4.69) is 5.10 Å². The van der Waals surface area contributed by atoms with Crippen molar-refractivity contribution < 1.29 is 13.6 Å². The number of para-hydroxylation sites is 1. The SMILES string of the molecule is CC[C@@H](C(=O)N1CCN(c2ccccc2F)CC1)n1nc(C)n2c(cc3occc32)c1=O. The molecular weight excluding hydrogens is 413 g/mol. The van der Waals surface area contributed by atoms with Gasteiger partial charge in [0.1, 0.15) is 23.2 Å². The molecular formula is C23H24FN5O3. The van der Waals surface area contributed by atoms with Crippen LogP contribution >= 0.6 is 0 Å². The number of nitrogens with zero attached hydrogens (tertiary/aromatic N) is 5. The van der Waals surface area contributed by atoms with Gasteiger partial charge in [0, 0.05) is 38.3 Å². The van der Waals surface area contributed by atoms with Crippen molar-refractivity contribution >= 4 is 28.2 Å². The fourth-order valence-corrected chi connectivity index (χ4v) is 4.54. The first kappa shape index (κ1) is 20.3. The lowest BCUT2D eigenvalue weighted by molar-refractivity contribution is -0.135. The molecule has 5 rings (SSSR count). The Morgan fingerprint density at radius 1 is 1.16 bits per heavy atom. The van der Waals surface area contributed by atoms with Crippen LogP contribution in [0.2, 0.25) is 0 Å². The third kappa shape index (κ3) is 3.16. The monoisotopic (exact) mass is 437 g/mol. The van der Waals surface area contributed by atoms with Gasteiger partial charge in [0.15, 0.2) is 5.58 Å². The van der Waals surface area contributed by atoms with E-state index < -0.39 is 6.04 Å². The summed E-state index contributed by atoms with van der Waals surface area (Å²) in [4.78, 5) is 30.3. The Morgan fingerprint density at radius 3 is 2.62 bits per heavy atom. The standard InChI is InChI=1S/C23H24FN5O3/c1-3-17(22(30)27-11-9-26(10-12-27)18-7-5-4-6-16(18)24)29-23(31)20-14-21-19(8-13-32-21)28(20)15(2)25-29/h4-8,13-14,17H,3,9-12H2,1-2H3/t17-/m0/s1. The van der Waals surface area contributed by atoms with Crippen LogP contribution in [0.1, 0.15) is 25.2 Å². The molecule has 1 atom stereocenters. The molecule has 3 aromatic heterocycles. The number of aromatic nitrogens is 3. The number of anilines is 1. The van der Waals surface area contributed by atoms with Crippen molar-refractivity contribution in [1.29, 1.82) is 0 Å². The molecule has 4 aromatic rings. The quantitative estimate of drug-likeness (QED) is 0.491. The van der Waals surface area contributed by atoms with Gasteiger partial charge in [0.05, 0.1) is 17.5 Å². The van der Waals surface area contributed by atoms with E-state index in [1.54, 1.807) is 52.8 Å². The Balaban J connectivity index is 1.41. The summed E-state index contributed by atoms with van der Waals surface area (Å²) in [6.07, 6.45) is 2.01. The van der Waals surface area contributed by atoms with Crippen molar-refractivity contribution in [3.63, 3.8) is 0 Å². The van der Waals surface area contributed by atoms with Gasteiger partial charge in [-0.05, 0) is 25.5 Å². The van der Waals surface area contributed by atoms with Gasteiger partial charge in [-0.3, -0.25) is 14.0 Å². The molecule has 1 aromatic carbocycles. The summed E-state index contributed by atoms with van der Waals surface area (Å²) in [6.45, 7) is 5.64. The molecule has 4 heterocycles. The largest absolute Gasteiger partial charge is 0.463 e. The maximum atomic E-state index is 14.1. The summed E-state index contributed by atoms with van der Waals surface area (Å²) >= 11 is 0. The Morgan fingerprint density at radius 2 is 1.91 bits per heavy atom. The summed E-state index contributed by atoms with van der Waals surface area (Å²) in [5.74, 6) is 0.192. The molecule has 9 heteroatoms. The average Bonchev–Trinajstić information content (AvgIpc) is 3.40. The molecule has 1 fully saturated rings. The third-order valence-corrected chi connectivity index (χ3v) is 6.18. The molecule has 0 unspecified atom stereocenters. The number of rotatable bonds is 4. The summed E-state index contributed by atoms with van der Waals surface area (Å²) in [6, 6.07) is 9.43. The van der Waals surface area contributed by atoms with E-state index in [1.807, 2.05) is 11.8 Å². The summed E-state index contributed by atoms with van der Waals surface area (Å²) < 4.78 is 22.6. The van der Waals surface area contributed by atoms with Crippen LogP contribution in [0.5, 0.6) is 0 Å². The van der Waals surface area contributed by atoms with Crippen molar-refractivity contribution in [3.05, 3.63) is 64.7 Å². The fraction of sp³-hybridized carbons (Fsp3) is 0.348. The van der Waals surface area contributed by atoms with E-state index in [9.17, 15) is 14.0 Å². The summed E-state index contributed by atoms with van der Waals surface area (Å²) in [5.41, 5.74) is 2.03. The topological polar surface area (TPSA) is 76.0 Å². The Labute approximate surface area is 183 Å². The molecule has 0 aliphatic carbocycles. The highest BCUT2D eigenvalue weighted by molar-refractivity contribution is 5.83. The van der Waals surface area contributed by atoms with Gasteiger partial charge in [-0.1, -0.05) is 19.1 Å². The predicted molar refractivity (Wildman–Crippen MR) is 118 cm³/mol. The van der Waals surface area contributed by atoms with E-state index in [0.29, 0.717) is 55.2 Å². The van der Waals surface area contributed by atoms with Gasteiger partial charge in [-0.25, -0.2) is 9.07 Å². The Hall–Kier alpha value is -3.62. The van der Waals surface area contributed by atoms with Crippen LogP contribution in [-0.4, -0.2) is 51.2 Å². The number of carbonyl (C=O) groups excluding carboxylic acids is 1. The highest BCUT2D eigenvalue weighted by Crippen LogP contribution is 2.23. The van der Waals surface area contributed by atoms with E-state index in [0.717, 1.165) is 5.52 Å². The number of aryl methyl sites for hydroxylation is 1. The summed E-state index contributed by atoms with van der Waals surface area (Å²) in [5, 5.41) is 4.48. The predicted octanol–water partition coefficient (Wildman–Crippen LogP) is 2.99. The second kappa shape index (κ2) is 7.81. The Bertz CT molecular complexity index is 1360. The minimum Gasteiger partial charge on any atom is -0.463 e. The zero-order chi connectivity index (χ0) is 22.4.